The zero-order valence-electron chi connectivity index (χ0n) is 10.6. The highest BCUT2D eigenvalue weighted by Crippen LogP contribution is 2.28. The number of rotatable bonds is 3. The Morgan fingerprint density at radius 2 is 2.10 bits per heavy atom. The minimum Gasteiger partial charge on any atom is -0.372 e. The van der Waals surface area contributed by atoms with E-state index in [0.29, 0.717) is 0 Å². The largest absolute Gasteiger partial charge is 0.433 e. The van der Waals surface area contributed by atoms with Gasteiger partial charge >= 0.3 is 6.18 Å². The molecule has 2 rings (SSSR count). The molecule has 1 unspecified atom stereocenters. The Morgan fingerprint density at radius 3 is 2.55 bits per heavy atom. The van der Waals surface area contributed by atoms with Crippen molar-refractivity contribution >= 4 is 17.5 Å². The van der Waals surface area contributed by atoms with Crippen LogP contribution in [0.3, 0.4) is 0 Å². The van der Waals surface area contributed by atoms with Gasteiger partial charge in [-0.15, -0.1) is 0 Å². The van der Waals surface area contributed by atoms with Crippen LogP contribution in [0.5, 0.6) is 0 Å². The maximum Gasteiger partial charge on any atom is 0.433 e. The number of hydrogen-bond acceptors (Lipinski definition) is 4. The average Bonchev–Trinajstić information content (AvgIpc) is 2.63. The Morgan fingerprint density at radius 1 is 1.40 bits per heavy atom. The van der Waals surface area contributed by atoms with Gasteiger partial charge in [0.05, 0.1) is 18.3 Å². The molecule has 2 amide bonds. The molecule has 108 valence electrons. The van der Waals surface area contributed by atoms with Crippen LogP contribution in [0.25, 0.3) is 0 Å². The Balaban J connectivity index is 2.08. The maximum atomic E-state index is 12.3. The Kier molecular flexibility index (Phi) is 3.65. The number of nitrogens with zero attached hydrogens (tertiary/aromatic N) is 2. The third-order valence-corrected chi connectivity index (χ3v) is 2.95. The number of likely N-dealkylation sites (tertiary alicyclic amines) is 1. The van der Waals surface area contributed by atoms with Crippen LogP contribution in [-0.2, 0) is 15.8 Å². The number of amides is 2. The van der Waals surface area contributed by atoms with Crippen LogP contribution in [-0.4, -0.2) is 34.3 Å². The molecular formula is C12H12F3N3O2. The minimum atomic E-state index is -4.50. The second-order valence-corrected chi connectivity index (χ2v) is 4.31. The maximum absolute atomic E-state index is 12.3. The van der Waals surface area contributed by atoms with Gasteiger partial charge in [0.15, 0.2) is 0 Å². The van der Waals surface area contributed by atoms with Crippen molar-refractivity contribution in [3.8, 4) is 0 Å². The summed E-state index contributed by atoms with van der Waals surface area (Å²) >= 11 is 0. The first-order valence-electron chi connectivity index (χ1n) is 5.97. The molecule has 1 N–H and O–H groups in total. The summed E-state index contributed by atoms with van der Waals surface area (Å²) in [5.74, 6) is -0.674. The van der Waals surface area contributed by atoms with Gasteiger partial charge in [-0.05, 0) is 19.1 Å². The van der Waals surface area contributed by atoms with Gasteiger partial charge in [-0.2, -0.15) is 13.2 Å². The van der Waals surface area contributed by atoms with Crippen LogP contribution in [0, 0.1) is 0 Å². The van der Waals surface area contributed by atoms with Gasteiger partial charge in [0.1, 0.15) is 11.7 Å². The van der Waals surface area contributed by atoms with Crippen LogP contribution in [0.15, 0.2) is 18.3 Å². The normalized spacial score (nSPS) is 19.6. The summed E-state index contributed by atoms with van der Waals surface area (Å²) in [4.78, 5) is 27.7. The summed E-state index contributed by atoms with van der Waals surface area (Å²) in [7, 11) is 0. The lowest BCUT2D eigenvalue weighted by Gasteiger charge is -2.14. The van der Waals surface area contributed by atoms with Gasteiger partial charge in [0.2, 0.25) is 5.91 Å². The van der Waals surface area contributed by atoms with Crippen molar-refractivity contribution in [2.24, 2.45) is 0 Å². The summed E-state index contributed by atoms with van der Waals surface area (Å²) in [6.45, 7) is 1.96. The number of aromatic nitrogens is 1. The summed E-state index contributed by atoms with van der Waals surface area (Å²) in [6.07, 6.45) is -3.51. The molecule has 8 heteroatoms. The van der Waals surface area contributed by atoms with E-state index in [1.807, 2.05) is 0 Å². The third-order valence-electron chi connectivity index (χ3n) is 2.95. The van der Waals surface area contributed by atoms with E-state index in [4.69, 9.17) is 0 Å². The van der Waals surface area contributed by atoms with Crippen molar-refractivity contribution in [3.63, 3.8) is 0 Å². The second-order valence-electron chi connectivity index (χ2n) is 4.31. The molecule has 0 bridgehead atoms. The van der Waals surface area contributed by atoms with E-state index in [1.54, 1.807) is 6.92 Å². The van der Waals surface area contributed by atoms with E-state index < -0.39 is 17.9 Å². The fourth-order valence-electron chi connectivity index (χ4n) is 1.98. The highest BCUT2D eigenvalue weighted by molar-refractivity contribution is 6.06. The van der Waals surface area contributed by atoms with E-state index in [0.717, 1.165) is 17.2 Å². The number of carbonyl (C=O) groups is 2. The fourth-order valence-corrected chi connectivity index (χ4v) is 1.98. The predicted molar refractivity (Wildman–Crippen MR) is 63.7 cm³/mol. The quantitative estimate of drug-likeness (QED) is 0.859. The molecule has 1 saturated heterocycles. The zero-order valence-corrected chi connectivity index (χ0v) is 10.6. The fraction of sp³-hybridized carbons (Fsp3) is 0.417. The number of pyridine rings is 1. The lowest BCUT2D eigenvalue weighted by Crippen LogP contribution is -2.34. The molecule has 0 radical (unpaired) electrons. The molecule has 1 fully saturated rings. The van der Waals surface area contributed by atoms with Crippen LogP contribution in [0.2, 0.25) is 0 Å². The van der Waals surface area contributed by atoms with Crippen molar-refractivity contribution in [1.29, 1.82) is 0 Å². The first kappa shape index (κ1) is 14.3. The molecule has 2 heterocycles. The van der Waals surface area contributed by atoms with Crippen LogP contribution in [0.4, 0.5) is 18.9 Å². The second kappa shape index (κ2) is 5.10. The molecule has 1 aromatic rings. The molecule has 1 aromatic heterocycles. The van der Waals surface area contributed by atoms with Gasteiger partial charge in [-0.25, -0.2) is 4.98 Å². The van der Waals surface area contributed by atoms with E-state index >= 15 is 0 Å². The number of anilines is 1. The van der Waals surface area contributed by atoms with Gasteiger partial charge < -0.3 is 5.32 Å². The van der Waals surface area contributed by atoms with E-state index in [9.17, 15) is 22.8 Å². The van der Waals surface area contributed by atoms with Crippen molar-refractivity contribution in [1.82, 2.24) is 9.88 Å². The summed E-state index contributed by atoms with van der Waals surface area (Å²) in [5, 5.41) is 2.72. The van der Waals surface area contributed by atoms with Crippen molar-refractivity contribution < 1.29 is 22.8 Å². The number of imide groups is 1. The third kappa shape index (κ3) is 2.73. The zero-order chi connectivity index (χ0) is 14.9. The smallest absolute Gasteiger partial charge is 0.372 e. The van der Waals surface area contributed by atoms with Gasteiger partial charge in [0.25, 0.3) is 5.91 Å². The number of carbonyl (C=O) groups excluding carboxylic acids is 2. The number of halogens is 3. The van der Waals surface area contributed by atoms with Gasteiger partial charge in [-0.3, -0.25) is 14.5 Å². The Labute approximate surface area is 112 Å². The number of alkyl halides is 3. The number of nitrogens with one attached hydrogen (secondary N) is 1. The molecule has 0 saturated carbocycles. The summed E-state index contributed by atoms with van der Waals surface area (Å²) in [5.41, 5.74) is -0.742. The van der Waals surface area contributed by atoms with Crippen molar-refractivity contribution in [2.45, 2.75) is 25.6 Å². The molecule has 20 heavy (non-hydrogen) atoms. The average molecular weight is 287 g/mol. The first-order chi connectivity index (χ1) is 9.32. The first-order valence-corrected chi connectivity index (χ1v) is 5.97. The van der Waals surface area contributed by atoms with Gasteiger partial charge in [0, 0.05) is 6.54 Å². The van der Waals surface area contributed by atoms with E-state index in [1.165, 1.54) is 6.07 Å². The topological polar surface area (TPSA) is 62.3 Å². The van der Waals surface area contributed by atoms with Crippen LogP contribution in [0.1, 0.15) is 19.0 Å². The molecule has 0 spiro atoms. The summed E-state index contributed by atoms with van der Waals surface area (Å²) in [6, 6.07) is 1.25. The SMILES string of the molecule is CCN1C(=O)CC(Nc2ccc(C(F)(F)F)nc2)C1=O. The Bertz CT molecular complexity index is 528. The van der Waals surface area contributed by atoms with Gasteiger partial charge in [-0.1, -0.05) is 0 Å². The van der Waals surface area contributed by atoms with Crippen molar-refractivity contribution in [3.05, 3.63) is 24.0 Å². The predicted octanol–water partition coefficient (Wildman–Crippen LogP) is 1.66. The summed E-state index contributed by atoms with van der Waals surface area (Å²) < 4.78 is 37.0. The highest BCUT2D eigenvalue weighted by Gasteiger charge is 2.37. The van der Waals surface area contributed by atoms with E-state index in [-0.39, 0.29) is 30.5 Å². The highest BCUT2D eigenvalue weighted by atomic mass is 19.4. The lowest BCUT2D eigenvalue weighted by atomic mass is 10.2. The molecule has 1 aliphatic rings. The van der Waals surface area contributed by atoms with E-state index in [2.05, 4.69) is 10.3 Å². The molecule has 0 aromatic carbocycles. The molecule has 5 nitrogen and oxygen atoms in total. The molecular weight excluding hydrogens is 275 g/mol. The molecule has 0 aliphatic carbocycles. The Hall–Kier alpha value is -2.12. The van der Waals surface area contributed by atoms with Crippen LogP contribution >= 0.6 is 0 Å². The minimum absolute atomic E-state index is 0.00625. The van der Waals surface area contributed by atoms with Crippen LogP contribution < -0.4 is 5.32 Å². The monoisotopic (exact) mass is 287 g/mol. The van der Waals surface area contributed by atoms with Crippen molar-refractivity contribution in [2.75, 3.05) is 11.9 Å². The standard InChI is InChI=1S/C12H12F3N3O2/c1-2-18-10(19)5-8(11(18)20)17-7-3-4-9(16-6-7)12(13,14)15/h3-4,6,8,17H,2,5H2,1H3. The number of likely N-dealkylation sites (N-methyl/N-ethyl adjacent to an activating group) is 1. The lowest BCUT2D eigenvalue weighted by molar-refractivity contribution is -0.141. The number of hydrogen-bond donors (Lipinski definition) is 1. The molecule has 1 atom stereocenters. The molecule has 1 aliphatic heterocycles.